The topological polar surface area (TPSA) is 44.9 Å². The first kappa shape index (κ1) is 11.3. The van der Waals surface area contributed by atoms with Gasteiger partial charge in [0.15, 0.2) is 0 Å². The van der Waals surface area contributed by atoms with Gasteiger partial charge in [-0.15, -0.1) is 0 Å². The van der Waals surface area contributed by atoms with Crippen LogP contribution in [0.25, 0.3) is 10.9 Å². The number of nitrogens with one attached hydrogen (secondary N) is 2. The molecule has 0 atom stereocenters. The number of aromatic nitrogens is 1. The molecule has 2 N–H and O–H groups in total. The summed E-state index contributed by atoms with van der Waals surface area (Å²) in [6.07, 6.45) is 5.14. The van der Waals surface area contributed by atoms with Crippen LogP contribution in [0.4, 0.5) is 0 Å². The molecule has 0 bridgehead atoms. The van der Waals surface area contributed by atoms with E-state index in [-0.39, 0.29) is 5.91 Å². The second kappa shape index (κ2) is 4.84. The highest BCUT2D eigenvalue weighted by atomic mass is 16.1. The zero-order chi connectivity index (χ0) is 12.4. The fraction of sp³-hybridized carbons (Fsp3) is 0.400. The molecule has 3 nitrogen and oxygen atoms in total. The predicted molar refractivity (Wildman–Crippen MR) is 72.6 cm³/mol. The Labute approximate surface area is 107 Å². The maximum atomic E-state index is 12.0. The smallest absolute Gasteiger partial charge is 0.267 e. The lowest BCUT2D eigenvalue weighted by Gasteiger charge is -2.09. The molecule has 1 aliphatic carbocycles. The highest BCUT2D eigenvalue weighted by Crippen LogP contribution is 2.23. The first-order valence-electron chi connectivity index (χ1n) is 6.69. The molecule has 1 aromatic heterocycles. The third kappa shape index (κ3) is 2.26. The first-order chi connectivity index (χ1) is 8.83. The summed E-state index contributed by atoms with van der Waals surface area (Å²) >= 11 is 0. The van der Waals surface area contributed by atoms with Crippen LogP contribution >= 0.6 is 0 Å². The minimum Gasteiger partial charge on any atom is -0.351 e. The standard InChI is InChI=1S/C15H18N2O/c18-15(16-10-11-5-1-2-6-11)14-9-12-7-3-4-8-13(12)17-14/h3-4,7-9,11,17H,1-2,5-6,10H2,(H,16,18). The van der Waals surface area contributed by atoms with Gasteiger partial charge in [0.05, 0.1) is 0 Å². The number of hydrogen-bond acceptors (Lipinski definition) is 1. The number of aromatic amines is 1. The van der Waals surface area contributed by atoms with Gasteiger partial charge < -0.3 is 10.3 Å². The van der Waals surface area contributed by atoms with E-state index >= 15 is 0 Å². The number of carbonyl (C=O) groups is 1. The highest BCUT2D eigenvalue weighted by Gasteiger charge is 2.16. The van der Waals surface area contributed by atoms with Crippen LogP contribution in [-0.2, 0) is 0 Å². The van der Waals surface area contributed by atoms with Gasteiger partial charge in [-0.2, -0.15) is 0 Å². The number of carbonyl (C=O) groups excluding carboxylic acids is 1. The molecule has 0 spiro atoms. The number of benzene rings is 1. The van der Waals surface area contributed by atoms with Crippen molar-refractivity contribution in [2.75, 3.05) is 6.54 Å². The lowest BCUT2D eigenvalue weighted by atomic mass is 10.1. The van der Waals surface area contributed by atoms with E-state index in [2.05, 4.69) is 10.3 Å². The van der Waals surface area contributed by atoms with Crippen molar-refractivity contribution < 1.29 is 4.79 Å². The Kier molecular flexibility index (Phi) is 3.05. The van der Waals surface area contributed by atoms with Gasteiger partial charge in [0.2, 0.25) is 0 Å². The third-order valence-corrected chi connectivity index (χ3v) is 3.80. The summed E-state index contributed by atoms with van der Waals surface area (Å²) in [4.78, 5) is 15.2. The monoisotopic (exact) mass is 242 g/mol. The number of hydrogen-bond donors (Lipinski definition) is 2. The zero-order valence-corrected chi connectivity index (χ0v) is 10.4. The molecule has 1 aromatic carbocycles. The van der Waals surface area contributed by atoms with E-state index in [4.69, 9.17) is 0 Å². The average molecular weight is 242 g/mol. The van der Waals surface area contributed by atoms with E-state index in [0.29, 0.717) is 11.6 Å². The Morgan fingerprint density at radius 2 is 2.06 bits per heavy atom. The van der Waals surface area contributed by atoms with Gasteiger partial charge in [-0.3, -0.25) is 4.79 Å². The summed E-state index contributed by atoms with van der Waals surface area (Å²) in [6.45, 7) is 0.814. The summed E-state index contributed by atoms with van der Waals surface area (Å²) in [6, 6.07) is 9.87. The minimum absolute atomic E-state index is 0.0121. The molecule has 1 saturated carbocycles. The van der Waals surface area contributed by atoms with Crippen LogP contribution in [0.3, 0.4) is 0 Å². The number of rotatable bonds is 3. The van der Waals surface area contributed by atoms with Crippen molar-refractivity contribution >= 4 is 16.8 Å². The number of fused-ring (bicyclic) bond motifs is 1. The van der Waals surface area contributed by atoms with Gasteiger partial charge in [-0.1, -0.05) is 31.0 Å². The van der Waals surface area contributed by atoms with E-state index in [1.54, 1.807) is 0 Å². The Bertz CT molecular complexity index is 519. The van der Waals surface area contributed by atoms with Crippen molar-refractivity contribution in [2.45, 2.75) is 25.7 Å². The van der Waals surface area contributed by atoms with Crippen molar-refractivity contribution in [1.82, 2.24) is 10.3 Å². The molecule has 1 fully saturated rings. The molecule has 2 aromatic rings. The Morgan fingerprint density at radius 1 is 1.28 bits per heavy atom. The zero-order valence-electron chi connectivity index (χ0n) is 10.4. The quantitative estimate of drug-likeness (QED) is 0.853. The Hall–Kier alpha value is -1.77. The summed E-state index contributed by atoms with van der Waals surface area (Å²) in [5.41, 5.74) is 1.68. The molecular weight excluding hydrogens is 224 g/mol. The molecule has 0 aliphatic heterocycles. The van der Waals surface area contributed by atoms with Gasteiger partial charge in [0.25, 0.3) is 5.91 Å². The van der Waals surface area contributed by atoms with Crippen LogP contribution in [0.5, 0.6) is 0 Å². The predicted octanol–water partition coefficient (Wildman–Crippen LogP) is 3.09. The van der Waals surface area contributed by atoms with Crippen LogP contribution in [0.1, 0.15) is 36.2 Å². The van der Waals surface area contributed by atoms with Gasteiger partial charge >= 0.3 is 0 Å². The second-order valence-corrected chi connectivity index (χ2v) is 5.13. The van der Waals surface area contributed by atoms with Crippen LogP contribution in [0.2, 0.25) is 0 Å². The van der Waals surface area contributed by atoms with Crippen molar-refractivity contribution in [3.05, 3.63) is 36.0 Å². The van der Waals surface area contributed by atoms with E-state index in [1.807, 2.05) is 30.3 Å². The van der Waals surface area contributed by atoms with Gasteiger partial charge in [-0.25, -0.2) is 0 Å². The molecule has 94 valence electrons. The van der Waals surface area contributed by atoms with E-state index in [9.17, 15) is 4.79 Å². The molecule has 3 heteroatoms. The van der Waals surface area contributed by atoms with Crippen molar-refractivity contribution in [3.63, 3.8) is 0 Å². The number of para-hydroxylation sites is 1. The molecule has 1 amide bonds. The Morgan fingerprint density at radius 3 is 2.83 bits per heavy atom. The fourth-order valence-electron chi connectivity index (χ4n) is 2.74. The van der Waals surface area contributed by atoms with Gasteiger partial charge in [0.1, 0.15) is 5.69 Å². The van der Waals surface area contributed by atoms with Crippen molar-refractivity contribution in [1.29, 1.82) is 0 Å². The van der Waals surface area contributed by atoms with Crippen LogP contribution < -0.4 is 5.32 Å². The molecule has 0 saturated heterocycles. The molecule has 3 rings (SSSR count). The van der Waals surface area contributed by atoms with Crippen LogP contribution in [0, 0.1) is 5.92 Å². The largest absolute Gasteiger partial charge is 0.351 e. The van der Waals surface area contributed by atoms with Crippen LogP contribution in [-0.4, -0.2) is 17.4 Å². The maximum Gasteiger partial charge on any atom is 0.267 e. The van der Waals surface area contributed by atoms with Crippen molar-refractivity contribution in [3.8, 4) is 0 Å². The maximum absolute atomic E-state index is 12.0. The van der Waals surface area contributed by atoms with E-state index in [1.165, 1.54) is 25.7 Å². The molecule has 1 aliphatic rings. The summed E-state index contributed by atoms with van der Waals surface area (Å²) in [7, 11) is 0. The number of amides is 1. The first-order valence-corrected chi connectivity index (χ1v) is 6.69. The van der Waals surface area contributed by atoms with E-state index in [0.717, 1.165) is 17.4 Å². The minimum atomic E-state index is 0.0121. The lowest BCUT2D eigenvalue weighted by molar-refractivity contribution is 0.0943. The molecule has 1 heterocycles. The van der Waals surface area contributed by atoms with E-state index < -0.39 is 0 Å². The molecule has 0 radical (unpaired) electrons. The molecular formula is C15H18N2O. The lowest BCUT2D eigenvalue weighted by Crippen LogP contribution is -2.28. The summed E-state index contributed by atoms with van der Waals surface area (Å²) in [5, 5.41) is 4.12. The second-order valence-electron chi connectivity index (χ2n) is 5.13. The SMILES string of the molecule is O=C(NCC1CCCC1)c1cc2ccccc2[nH]1. The summed E-state index contributed by atoms with van der Waals surface area (Å²) < 4.78 is 0. The average Bonchev–Trinajstić information content (AvgIpc) is 3.04. The highest BCUT2D eigenvalue weighted by molar-refractivity contribution is 5.97. The Balaban J connectivity index is 1.67. The molecule has 18 heavy (non-hydrogen) atoms. The normalized spacial score (nSPS) is 16.2. The molecule has 0 unspecified atom stereocenters. The van der Waals surface area contributed by atoms with Crippen molar-refractivity contribution in [2.24, 2.45) is 5.92 Å². The fourth-order valence-corrected chi connectivity index (χ4v) is 2.74. The van der Waals surface area contributed by atoms with Crippen LogP contribution in [0.15, 0.2) is 30.3 Å². The number of H-pyrrole nitrogens is 1. The summed E-state index contributed by atoms with van der Waals surface area (Å²) in [5.74, 6) is 0.691. The third-order valence-electron chi connectivity index (χ3n) is 3.80. The van der Waals surface area contributed by atoms with Gasteiger partial charge in [0, 0.05) is 17.4 Å². The van der Waals surface area contributed by atoms with Gasteiger partial charge in [-0.05, 0) is 30.9 Å².